The Balaban J connectivity index is 1.60. The average molecular weight is 473 g/mol. The van der Waals surface area contributed by atoms with Crippen LogP contribution in [0.3, 0.4) is 0 Å². The van der Waals surface area contributed by atoms with Crippen molar-refractivity contribution in [3.63, 3.8) is 0 Å². The van der Waals surface area contributed by atoms with E-state index in [9.17, 15) is 19.5 Å². The van der Waals surface area contributed by atoms with Gasteiger partial charge in [0, 0.05) is 34.7 Å². The van der Waals surface area contributed by atoms with Crippen LogP contribution >= 0.6 is 11.6 Å². The zero-order valence-electron chi connectivity index (χ0n) is 18.0. The average Bonchev–Trinajstić information content (AvgIpc) is 3.03. The minimum absolute atomic E-state index is 0.0296. The molecule has 2 unspecified atom stereocenters. The van der Waals surface area contributed by atoms with Crippen molar-refractivity contribution in [1.82, 2.24) is 10.9 Å². The van der Waals surface area contributed by atoms with Crippen molar-refractivity contribution in [2.24, 2.45) is 5.92 Å². The van der Waals surface area contributed by atoms with Crippen molar-refractivity contribution >= 4 is 46.9 Å². The number of allylic oxidation sites excluding steroid dienone is 3. The molecule has 0 fully saturated rings. The molecular formula is C27H21ClN2O4. The van der Waals surface area contributed by atoms with E-state index in [1.165, 1.54) is 6.08 Å². The van der Waals surface area contributed by atoms with Gasteiger partial charge in [0.05, 0.1) is 6.04 Å². The predicted molar refractivity (Wildman–Crippen MR) is 130 cm³/mol. The van der Waals surface area contributed by atoms with E-state index in [0.717, 1.165) is 16.0 Å². The number of hydrazine groups is 1. The number of Topliss-reactive ketones (excluding diaryl/α,β-unsaturated/α-hetero) is 2. The van der Waals surface area contributed by atoms with Crippen LogP contribution in [0.1, 0.15) is 18.4 Å². The van der Waals surface area contributed by atoms with Crippen LogP contribution in [0, 0.1) is 5.92 Å². The second-order valence-corrected chi connectivity index (χ2v) is 8.94. The highest BCUT2D eigenvalue weighted by Gasteiger charge is 2.34. The van der Waals surface area contributed by atoms with Gasteiger partial charge in [0.2, 0.25) is 0 Å². The second kappa shape index (κ2) is 8.89. The highest BCUT2D eigenvalue weighted by atomic mass is 35.5. The Morgan fingerprint density at radius 1 is 1.00 bits per heavy atom. The minimum atomic E-state index is -1.58. The Morgan fingerprint density at radius 2 is 1.74 bits per heavy atom. The van der Waals surface area contributed by atoms with Crippen LogP contribution in [-0.4, -0.2) is 28.7 Å². The summed E-state index contributed by atoms with van der Waals surface area (Å²) in [6.07, 6.45) is 8.13. The highest BCUT2D eigenvalue weighted by molar-refractivity contribution is 6.41. The summed E-state index contributed by atoms with van der Waals surface area (Å²) in [6, 6.07) is 14.7. The summed E-state index contributed by atoms with van der Waals surface area (Å²) >= 11 is 6.06. The second-order valence-electron chi connectivity index (χ2n) is 8.51. The molecule has 34 heavy (non-hydrogen) atoms. The summed E-state index contributed by atoms with van der Waals surface area (Å²) < 4.78 is 0. The molecule has 0 bridgehead atoms. The number of ketones is 2. The van der Waals surface area contributed by atoms with Crippen LogP contribution in [0.2, 0.25) is 5.02 Å². The molecule has 0 saturated carbocycles. The standard InChI is InChI=1S/C27H21ClN2O4/c28-21-7-5-15(6-8-21)22-11-19(26(32)27(33)34)13-24(31)25(22)23-12-18-9-16-3-1-2-4-17(16)10-20(18)14-29-30-23/h1-11,14,18,23,29-30H,12-13H2,(H,33,34). The van der Waals surface area contributed by atoms with Crippen molar-refractivity contribution in [3.05, 3.63) is 98.5 Å². The minimum Gasteiger partial charge on any atom is -0.475 e. The van der Waals surface area contributed by atoms with E-state index in [-0.39, 0.29) is 29.7 Å². The molecular weight excluding hydrogens is 452 g/mol. The van der Waals surface area contributed by atoms with Gasteiger partial charge in [-0.15, -0.1) is 0 Å². The van der Waals surface area contributed by atoms with Gasteiger partial charge in [-0.1, -0.05) is 54.1 Å². The summed E-state index contributed by atoms with van der Waals surface area (Å²) in [5.74, 6) is -2.85. The van der Waals surface area contributed by atoms with Crippen molar-refractivity contribution < 1.29 is 19.5 Å². The smallest absolute Gasteiger partial charge is 0.376 e. The number of halogens is 1. The topological polar surface area (TPSA) is 95.5 Å². The number of carboxylic acid groups (broad SMARTS) is 1. The molecule has 0 spiro atoms. The molecule has 2 atom stereocenters. The number of hydrogen-bond donors (Lipinski definition) is 3. The monoisotopic (exact) mass is 472 g/mol. The normalized spacial score (nSPS) is 21.5. The molecule has 0 amide bonds. The van der Waals surface area contributed by atoms with Gasteiger partial charge in [-0.05, 0) is 57.9 Å². The summed E-state index contributed by atoms with van der Waals surface area (Å²) in [5.41, 5.74) is 9.17. The van der Waals surface area contributed by atoms with Crippen LogP contribution in [-0.2, 0) is 14.4 Å². The molecule has 2 aromatic carbocycles. The van der Waals surface area contributed by atoms with E-state index in [1.807, 2.05) is 18.3 Å². The third-order valence-corrected chi connectivity index (χ3v) is 6.61. The SMILES string of the molecule is O=C(O)C(=O)C1=CC(c2ccc(Cl)cc2)=C(C2CC3C=c4ccccc4=CC3=CNN2)C(=O)C1. The largest absolute Gasteiger partial charge is 0.475 e. The lowest BCUT2D eigenvalue weighted by Crippen LogP contribution is -2.42. The maximum absolute atomic E-state index is 13.4. The van der Waals surface area contributed by atoms with Crippen LogP contribution in [0.4, 0.5) is 0 Å². The van der Waals surface area contributed by atoms with Gasteiger partial charge in [-0.25, -0.2) is 10.2 Å². The Labute approximate surface area is 200 Å². The van der Waals surface area contributed by atoms with Gasteiger partial charge in [0.1, 0.15) is 0 Å². The van der Waals surface area contributed by atoms with Crippen molar-refractivity contribution in [2.45, 2.75) is 18.9 Å². The molecule has 6 nitrogen and oxygen atoms in total. The number of rotatable bonds is 4. The quantitative estimate of drug-likeness (QED) is 0.591. The number of carboxylic acids is 1. The summed E-state index contributed by atoms with van der Waals surface area (Å²) in [7, 11) is 0. The van der Waals surface area contributed by atoms with Crippen LogP contribution in [0.5, 0.6) is 0 Å². The van der Waals surface area contributed by atoms with Crippen LogP contribution in [0.25, 0.3) is 17.7 Å². The zero-order valence-corrected chi connectivity index (χ0v) is 18.8. The van der Waals surface area contributed by atoms with E-state index < -0.39 is 11.8 Å². The maximum Gasteiger partial charge on any atom is 0.376 e. The van der Waals surface area contributed by atoms with Gasteiger partial charge in [0.25, 0.3) is 5.78 Å². The molecule has 2 aromatic rings. The van der Waals surface area contributed by atoms with Crippen molar-refractivity contribution in [2.75, 3.05) is 0 Å². The number of carbonyl (C=O) groups is 3. The molecule has 1 heterocycles. The van der Waals surface area contributed by atoms with E-state index >= 15 is 0 Å². The third-order valence-electron chi connectivity index (χ3n) is 6.36. The summed E-state index contributed by atoms with van der Waals surface area (Å²) in [5, 5.41) is 12.0. The molecule has 7 heteroatoms. The molecule has 0 saturated heterocycles. The number of aliphatic carboxylic acids is 1. The molecule has 2 aliphatic carbocycles. The molecule has 3 N–H and O–H groups in total. The number of nitrogens with one attached hydrogen (secondary N) is 2. The van der Waals surface area contributed by atoms with Crippen molar-refractivity contribution in [3.8, 4) is 0 Å². The van der Waals surface area contributed by atoms with Crippen LogP contribution in [0.15, 0.2) is 77.5 Å². The maximum atomic E-state index is 13.4. The first-order chi connectivity index (χ1) is 16.4. The Hall–Kier alpha value is -3.74. The lowest BCUT2D eigenvalue weighted by atomic mass is 9.79. The number of hydrogen-bond acceptors (Lipinski definition) is 5. The predicted octanol–water partition coefficient (Wildman–Crippen LogP) is 2.29. The summed E-state index contributed by atoms with van der Waals surface area (Å²) in [6.45, 7) is 0. The van der Waals surface area contributed by atoms with E-state index in [2.05, 4.69) is 35.1 Å². The lowest BCUT2D eigenvalue weighted by molar-refractivity contribution is -0.147. The lowest BCUT2D eigenvalue weighted by Gasteiger charge is -2.27. The number of benzene rings is 2. The van der Waals surface area contributed by atoms with Gasteiger partial charge in [-0.3, -0.25) is 9.59 Å². The number of fused-ring (bicyclic) bond motifs is 2. The molecule has 0 radical (unpaired) electrons. The zero-order chi connectivity index (χ0) is 23.8. The third kappa shape index (κ3) is 4.14. The molecule has 5 rings (SSSR count). The summed E-state index contributed by atoms with van der Waals surface area (Å²) in [4.78, 5) is 36.9. The first-order valence-corrected chi connectivity index (χ1v) is 11.3. The highest BCUT2D eigenvalue weighted by Crippen LogP contribution is 2.35. The van der Waals surface area contributed by atoms with Gasteiger partial charge in [-0.2, -0.15) is 0 Å². The fourth-order valence-electron chi connectivity index (χ4n) is 4.73. The molecule has 3 aliphatic rings. The fourth-order valence-corrected chi connectivity index (χ4v) is 4.86. The molecule has 170 valence electrons. The molecule has 0 aromatic heterocycles. The first kappa shape index (κ1) is 22.1. The first-order valence-electron chi connectivity index (χ1n) is 10.9. The van der Waals surface area contributed by atoms with Crippen molar-refractivity contribution in [1.29, 1.82) is 0 Å². The molecule has 1 aliphatic heterocycles. The van der Waals surface area contributed by atoms with E-state index in [4.69, 9.17) is 11.6 Å². The van der Waals surface area contributed by atoms with Gasteiger partial charge >= 0.3 is 5.97 Å². The Bertz CT molecular complexity index is 1430. The number of carbonyl (C=O) groups excluding carboxylic acids is 2. The van der Waals surface area contributed by atoms with Gasteiger partial charge in [0.15, 0.2) is 5.78 Å². The van der Waals surface area contributed by atoms with E-state index in [0.29, 0.717) is 28.2 Å². The fraction of sp³-hybridized carbons (Fsp3) is 0.148. The van der Waals surface area contributed by atoms with Crippen LogP contribution < -0.4 is 21.3 Å². The Kier molecular flexibility index (Phi) is 5.77. The van der Waals surface area contributed by atoms with E-state index in [1.54, 1.807) is 24.3 Å². The Morgan fingerprint density at radius 3 is 2.47 bits per heavy atom. The van der Waals surface area contributed by atoms with Gasteiger partial charge < -0.3 is 10.5 Å².